The van der Waals surface area contributed by atoms with Gasteiger partial charge in [-0.25, -0.2) is 4.98 Å². The molecular weight excluding hydrogens is 319 g/mol. The summed E-state index contributed by atoms with van der Waals surface area (Å²) in [6.45, 7) is -0.0400. The van der Waals surface area contributed by atoms with Gasteiger partial charge in [-0.2, -0.15) is 13.2 Å². The van der Waals surface area contributed by atoms with Crippen molar-refractivity contribution in [3.63, 3.8) is 0 Å². The van der Waals surface area contributed by atoms with Crippen LogP contribution in [0.5, 0.6) is 5.75 Å². The summed E-state index contributed by atoms with van der Waals surface area (Å²) in [5, 5.41) is 3.48. The summed E-state index contributed by atoms with van der Waals surface area (Å²) in [4.78, 5) is 4.16. The molecule has 0 aliphatic heterocycles. The number of alkyl halides is 3. The van der Waals surface area contributed by atoms with Crippen molar-refractivity contribution >= 4 is 17.3 Å². The van der Waals surface area contributed by atoms with Crippen LogP contribution in [0.3, 0.4) is 0 Å². The number of aryl methyl sites for hydroxylation is 1. The molecule has 2 rings (SSSR count). The minimum absolute atomic E-state index is 0.283. The topological polar surface area (TPSA) is 39.1 Å². The van der Waals surface area contributed by atoms with Gasteiger partial charge in [0.05, 0.1) is 25.3 Å². The zero-order chi connectivity index (χ0) is 16.2. The normalized spacial score (nSPS) is 11.5. The predicted octanol–water partition coefficient (Wildman–Crippen LogP) is 4.02. The van der Waals surface area contributed by atoms with Crippen LogP contribution in [-0.2, 0) is 13.6 Å². The number of ether oxygens (including phenoxy) is 1. The van der Waals surface area contributed by atoms with Gasteiger partial charge < -0.3 is 14.6 Å². The van der Waals surface area contributed by atoms with E-state index in [1.54, 1.807) is 24.5 Å². The maximum Gasteiger partial charge on any atom is 0.392 e. The van der Waals surface area contributed by atoms with Gasteiger partial charge >= 0.3 is 6.18 Å². The van der Waals surface area contributed by atoms with Crippen LogP contribution >= 0.6 is 11.6 Å². The molecule has 22 heavy (non-hydrogen) atoms. The second kappa shape index (κ2) is 6.91. The van der Waals surface area contributed by atoms with Gasteiger partial charge in [-0.15, -0.1) is 0 Å². The molecule has 1 heterocycles. The molecule has 120 valence electrons. The second-order valence-electron chi connectivity index (χ2n) is 4.66. The molecule has 0 aliphatic rings. The number of nitrogens with zero attached hydrogens (tertiary/aromatic N) is 2. The van der Waals surface area contributed by atoms with Crippen molar-refractivity contribution in [2.75, 3.05) is 11.9 Å². The molecule has 0 saturated carbocycles. The number of aromatic nitrogens is 2. The molecule has 0 radical (unpaired) electrons. The number of halogens is 4. The van der Waals surface area contributed by atoms with Gasteiger partial charge in [0.2, 0.25) is 0 Å². The average molecular weight is 334 g/mol. The van der Waals surface area contributed by atoms with Crippen LogP contribution in [0.2, 0.25) is 5.02 Å². The van der Waals surface area contributed by atoms with Crippen LogP contribution in [0.15, 0.2) is 30.6 Å². The third-order valence-corrected chi connectivity index (χ3v) is 3.18. The third kappa shape index (κ3) is 4.84. The zero-order valence-electron chi connectivity index (χ0n) is 11.8. The van der Waals surface area contributed by atoms with Crippen molar-refractivity contribution in [2.24, 2.45) is 7.05 Å². The fraction of sp³-hybridized carbons (Fsp3) is 0.357. The molecular formula is C14H15ClF3N3O. The summed E-state index contributed by atoms with van der Waals surface area (Å²) in [6.07, 6.45) is -1.79. The number of imidazole rings is 1. The van der Waals surface area contributed by atoms with E-state index < -0.39 is 19.2 Å². The first-order valence-corrected chi connectivity index (χ1v) is 6.92. The number of benzene rings is 1. The van der Waals surface area contributed by atoms with E-state index in [4.69, 9.17) is 16.3 Å². The lowest BCUT2D eigenvalue weighted by molar-refractivity contribution is -0.139. The van der Waals surface area contributed by atoms with E-state index in [0.717, 1.165) is 5.82 Å². The van der Waals surface area contributed by atoms with Gasteiger partial charge in [0, 0.05) is 30.5 Å². The van der Waals surface area contributed by atoms with Gasteiger partial charge in [-0.3, -0.25) is 0 Å². The number of anilines is 1. The van der Waals surface area contributed by atoms with Crippen LogP contribution in [-0.4, -0.2) is 22.3 Å². The average Bonchev–Trinajstić information content (AvgIpc) is 2.82. The van der Waals surface area contributed by atoms with E-state index >= 15 is 0 Å². The molecule has 0 amide bonds. The van der Waals surface area contributed by atoms with Gasteiger partial charge in [-0.1, -0.05) is 11.6 Å². The maximum absolute atomic E-state index is 12.2. The van der Waals surface area contributed by atoms with E-state index in [1.807, 2.05) is 11.6 Å². The Hall–Kier alpha value is -1.89. The summed E-state index contributed by atoms with van der Waals surface area (Å²) in [6, 6.07) is 4.78. The summed E-state index contributed by atoms with van der Waals surface area (Å²) >= 11 is 5.86. The Balaban J connectivity index is 2.02. The predicted molar refractivity (Wildman–Crippen MR) is 78.2 cm³/mol. The molecule has 8 heteroatoms. The first-order chi connectivity index (χ1) is 10.3. The molecule has 0 unspecified atom stereocenters. The SMILES string of the molecule is Cn1ccnc1CNc1ccc(Cl)cc1OCCC(F)(F)F. The number of rotatable bonds is 6. The van der Waals surface area contributed by atoms with Gasteiger partial charge in [0.1, 0.15) is 11.6 Å². The Morgan fingerprint density at radius 3 is 2.77 bits per heavy atom. The fourth-order valence-electron chi connectivity index (χ4n) is 1.78. The lowest BCUT2D eigenvalue weighted by Crippen LogP contribution is -2.14. The smallest absolute Gasteiger partial charge is 0.392 e. The Morgan fingerprint density at radius 2 is 2.14 bits per heavy atom. The van der Waals surface area contributed by atoms with Crippen molar-refractivity contribution < 1.29 is 17.9 Å². The molecule has 1 N–H and O–H groups in total. The van der Waals surface area contributed by atoms with Crippen LogP contribution in [0.1, 0.15) is 12.2 Å². The number of hydrogen-bond acceptors (Lipinski definition) is 3. The van der Waals surface area contributed by atoms with E-state index in [0.29, 0.717) is 17.3 Å². The second-order valence-corrected chi connectivity index (χ2v) is 5.10. The Kier molecular flexibility index (Phi) is 5.18. The van der Waals surface area contributed by atoms with E-state index in [-0.39, 0.29) is 5.75 Å². The summed E-state index contributed by atoms with van der Waals surface area (Å²) in [7, 11) is 1.85. The molecule has 0 aliphatic carbocycles. The van der Waals surface area contributed by atoms with E-state index in [1.165, 1.54) is 6.07 Å². The van der Waals surface area contributed by atoms with Crippen molar-refractivity contribution in [3.05, 3.63) is 41.4 Å². The molecule has 2 aromatic rings. The van der Waals surface area contributed by atoms with Crippen molar-refractivity contribution in [3.8, 4) is 5.75 Å². The van der Waals surface area contributed by atoms with Crippen LogP contribution < -0.4 is 10.1 Å². The molecule has 0 saturated heterocycles. The highest BCUT2D eigenvalue weighted by Gasteiger charge is 2.27. The molecule has 0 spiro atoms. The lowest BCUT2D eigenvalue weighted by atomic mass is 10.3. The minimum atomic E-state index is -4.25. The molecule has 0 atom stereocenters. The Labute approximate surface area is 130 Å². The van der Waals surface area contributed by atoms with Crippen LogP contribution in [0.25, 0.3) is 0 Å². The van der Waals surface area contributed by atoms with Crippen LogP contribution in [0, 0.1) is 0 Å². The summed E-state index contributed by atoms with van der Waals surface area (Å²) in [5.74, 6) is 1.07. The Morgan fingerprint density at radius 1 is 1.36 bits per heavy atom. The molecule has 4 nitrogen and oxygen atoms in total. The molecule has 0 bridgehead atoms. The highest BCUT2D eigenvalue weighted by Crippen LogP contribution is 2.29. The monoisotopic (exact) mass is 333 g/mol. The fourth-order valence-corrected chi connectivity index (χ4v) is 1.94. The highest BCUT2D eigenvalue weighted by atomic mass is 35.5. The minimum Gasteiger partial charge on any atom is -0.491 e. The summed E-state index contributed by atoms with van der Waals surface area (Å²) in [5.41, 5.74) is 0.564. The Bertz CT molecular complexity index is 628. The van der Waals surface area contributed by atoms with Gasteiger partial charge in [0.25, 0.3) is 0 Å². The molecule has 1 aromatic heterocycles. The van der Waals surface area contributed by atoms with Gasteiger partial charge in [0.15, 0.2) is 0 Å². The third-order valence-electron chi connectivity index (χ3n) is 2.94. The maximum atomic E-state index is 12.2. The highest BCUT2D eigenvalue weighted by molar-refractivity contribution is 6.30. The quantitative estimate of drug-likeness (QED) is 0.868. The largest absolute Gasteiger partial charge is 0.491 e. The first-order valence-electron chi connectivity index (χ1n) is 6.54. The summed E-state index contributed by atoms with van der Waals surface area (Å²) < 4.78 is 43.6. The van der Waals surface area contributed by atoms with Crippen molar-refractivity contribution in [1.29, 1.82) is 0 Å². The van der Waals surface area contributed by atoms with Crippen LogP contribution in [0.4, 0.5) is 18.9 Å². The number of nitrogens with one attached hydrogen (secondary N) is 1. The first kappa shape index (κ1) is 16.5. The van der Waals surface area contributed by atoms with Crippen molar-refractivity contribution in [1.82, 2.24) is 9.55 Å². The standard InChI is InChI=1S/C14H15ClF3N3O/c1-21-6-5-19-13(21)9-20-11-3-2-10(15)8-12(11)22-7-4-14(16,17)18/h2-3,5-6,8,20H,4,7,9H2,1H3. The molecule has 0 fully saturated rings. The lowest BCUT2D eigenvalue weighted by Gasteiger charge is -2.14. The van der Waals surface area contributed by atoms with E-state index in [9.17, 15) is 13.2 Å². The molecule has 1 aromatic carbocycles. The van der Waals surface area contributed by atoms with E-state index in [2.05, 4.69) is 10.3 Å². The van der Waals surface area contributed by atoms with Gasteiger partial charge in [-0.05, 0) is 12.1 Å². The van der Waals surface area contributed by atoms with Crippen molar-refractivity contribution in [2.45, 2.75) is 19.1 Å². The zero-order valence-corrected chi connectivity index (χ0v) is 12.6. The number of hydrogen-bond donors (Lipinski definition) is 1.